The van der Waals surface area contributed by atoms with E-state index in [1.54, 1.807) is 23.3 Å². The molecule has 9 nitrogen and oxygen atoms in total. The number of benzene rings is 1. The first-order valence-corrected chi connectivity index (χ1v) is 8.66. The number of hydroxylamine groups is 2. The van der Waals surface area contributed by atoms with Crippen LogP contribution in [-0.2, 0) is 14.3 Å². The summed E-state index contributed by atoms with van der Waals surface area (Å²) in [5.41, 5.74) is 6.25. The monoisotopic (exact) mass is 364 g/mol. The van der Waals surface area contributed by atoms with Crippen molar-refractivity contribution in [2.75, 3.05) is 64.5 Å². The van der Waals surface area contributed by atoms with E-state index in [4.69, 9.17) is 20.0 Å². The van der Waals surface area contributed by atoms with Crippen molar-refractivity contribution in [3.05, 3.63) is 23.8 Å². The summed E-state index contributed by atoms with van der Waals surface area (Å²) in [6.45, 7) is 5.33. The number of hydrogen-bond donors (Lipinski definition) is 2. The molecule has 2 fully saturated rings. The molecule has 2 amide bonds. The Morgan fingerprint density at radius 2 is 1.73 bits per heavy atom. The van der Waals surface area contributed by atoms with Crippen LogP contribution in [0.25, 0.3) is 0 Å². The molecule has 9 heteroatoms. The highest BCUT2D eigenvalue weighted by molar-refractivity contribution is 5.97. The van der Waals surface area contributed by atoms with Crippen LogP contribution in [0, 0.1) is 0 Å². The molecule has 26 heavy (non-hydrogen) atoms. The molecule has 1 aromatic rings. The summed E-state index contributed by atoms with van der Waals surface area (Å²) in [7, 11) is 0. The van der Waals surface area contributed by atoms with E-state index in [2.05, 4.69) is 5.32 Å². The van der Waals surface area contributed by atoms with Gasteiger partial charge < -0.3 is 25.4 Å². The lowest BCUT2D eigenvalue weighted by atomic mass is 10.1. The standard InChI is InChI=1S/C17H24N4O5/c18-17(23)14-2-1-13(11-15(14)26-21-5-9-25-10-6-21)19-16(22)12-20-3-7-24-8-4-20/h1-2,11H,3-10,12H2,(H2,18,23)(H,19,22). The van der Waals surface area contributed by atoms with Gasteiger partial charge in [0, 0.05) is 24.8 Å². The first kappa shape index (κ1) is 18.6. The van der Waals surface area contributed by atoms with Gasteiger partial charge in [-0.25, -0.2) is 0 Å². The van der Waals surface area contributed by atoms with Crippen molar-refractivity contribution < 1.29 is 23.9 Å². The van der Waals surface area contributed by atoms with E-state index in [9.17, 15) is 9.59 Å². The summed E-state index contributed by atoms with van der Waals surface area (Å²) >= 11 is 0. The summed E-state index contributed by atoms with van der Waals surface area (Å²) in [5.74, 6) is -0.390. The first-order chi connectivity index (χ1) is 12.6. The molecule has 0 radical (unpaired) electrons. The lowest BCUT2D eigenvalue weighted by molar-refractivity contribution is -0.118. The van der Waals surface area contributed by atoms with E-state index in [1.165, 1.54) is 0 Å². The largest absolute Gasteiger partial charge is 0.405 e. The molecule has 0 bridgehead atoms. The smallest absolute Gasteiger partial charge is 0.252 e. The third-order valence-electron chi connectivity index (χ3n) is 4.20. The van der Waals surface area contributed by atoms with Crippen LogP contribution in [0.4, 0.5) is 5.69 Å². The predicted octanol–water partition coefficient (Wildman–Crippen LogP) is -0.318. The van der Waals surface area contributed by atoms with Gasteiger partial charge >= 0.3 is 0 Å². The minimum Gasteiger partial charge on any atom is -0.405 e. The third-order valence-corrected chi connectivity index (χ3v) is 4.20. The van der Waals surface area contributed by atoms with Crippen molar-refractivity contribution in [2.45, 2.75) is 0 Å². The average molecular weight is 364 g/mol. The number of rotatable bonds is 6. The minimum absolute atomic E-state index is 0.129. The van der Waals surface area contributed by atoms with Crippen molar-refractivity contribution in [1.82, 2.24) is 9.96 Å². The Labute approximate surface area is 151 Å². The molecule has 0 unspecified atom stereocenters. The highest BCUT2D eigenvalue weighted by Gasteiger charge is 2.18. The lowest BCUT2D eigenvalue weighted by Gasteiger charge is -2.27. The number of carbonyl (C=O) groups excluding carboxylic acids is 2. The topological polar surface area (TPSA) is 106 Å². The fourth-order valence-electron chi connectivity index (χ4n) is 2.82. The van der Waals surface area contributed by atoms with Gasteiger partial charge in [-0.15, -0.1) is 5.06 Å². The summed E-state index contributed by atoms with van der Waals surface area (Å²) in [5, 5.41) is 4.55. The molecule has 142 valence electrons. The van der Waals surface area contributed by atoms with Gasteiger partial charge in [-0.2, -0.15) is 0 Å². The number of nitrogens with zero attached hydrogens (tertiary/aromatic N) is 2. The fraction of sp³-hybridized carbons (Fsp3) is 0.529. The number of anilines is 1. The molecule has 0 spiro atoms. The Bertz CT molecular complexity index is 642. The van der Waals surface area contributed by atoms with Gasteiger partial charge in [0.2, 0.25) is 5.91 Å². The second-order valence-corrected chi connectivity index (χ2v) is 6.14. The Kier molecular flexibility index (Phi) is 6.40. The van der Waals surface area contributed by atoms with Crippen molar-refractivity contribution >= 4 is 17.5 Å². The van der Waals surface area contributed by atoms with E-state index in [-0.39, 0.29) is 11.5 Å². The quantitative estimate of drug-likeness (QED) is 0.713. The SMILES string of the molecule is NC(=O)c1ccc(NC(=O)CN2CCOCC2)cc1ON1CCOCC1. The van der Waals surface area contributed by atoms with Gasteiger partial charge in [-0.05, 0) is 12.1 Å². The summed E-state index contributed by atoms with van der Waals surface area (Å²) in [6, 6.07) is 4.82. The zero-order valence-corrected chi connectivity index (χ0v) is 14.6. The van der Waals surface area contributed by atoms with Crippen LogP contribution in [0.2, 0.25) is 0 Å². The lowest BCUT2D eigenvalue weighted by Crippen LogP contribution is -2.41. The van der Waals surface area contributed by atoms with Gasteiger partial charge in [0.05, 0.1) is 51.6 Å². The van der Waals surface area contributed by atoms with Crippen molar-refractivity contribution in [3.63, 3.8) is 0 Å². The average Bonchev–Trinajstić information content (AvgIpc) is 2.63. The van der Waals surface area contributed by atoms with Crippen LogP contribution in [0.15, 0.2) is 18.2 Å². The molecule has 3 N–H and O–H groups in total. The molecule has 0 aliphatic carbocycles. The van der Waals surface area contributed by atoms with Crippen LogP contribution < -0.4 is 15.9 Å². The maximum Gasteiger partial charge on any atom is 0.252 e. The van der Waals surface area contributed by atoms with Crippen LogP contribution in [0.1, 0.15) is 10.4 Å². The summed E-state index contributed by atoms with van der Waals surface area (Å²) in [6.07, 6.45) is 0. The van der Waals surface area contributed by atoms with E-state index in [0.717, 1.165) is 13.1 Å². The highest BCUT2D eigenvalue weighted by Crippen LogP contribution is 2.24. The van der Waals surface area contributed by atoms with Gasteiger partial charge in [-0.1, -0.05) is 0 Å². The predicted molar refractivity (Wildman–Crippen MR) is 93.9 cm³/mol. The third kappa shape index (κ3) is 5.15. The Morgan fingerprint density at radius 3 is 2.38 bits per heavy atom. The number of hydrogen-bond acceptors (Lipinski definition) is 7. The molecular weight excluding hydrogens is 340 g/mol. The highest BCUT2D eigenvalue weighted by atomic mass is 16.7. The Balaban J connectivity index is 1.65. The van der Waals surface area contributed by atoms with Crippen LogP contribution >= 0.6 is 0 Å². The molecule has 2 heterocycles. The maximum atomic E-state index is 12.2. The summed E-state index contributed by atoms with van der Waals surface area (Å²) in [4.78, 5) is 31.7. The maximum absolute atomic E-state index is 12.2. The van der Waals surface area contributed by atoms with Gasteiger partial charge in [-0.3, -0.25) is 14.5 Å². The van der Waals surface area contributed by atoms with Crippen LogP contribution in [0.5, 0.6) is 5.75 Å². The van der Waals surface area contributed by atoms with E-state index >= 15 is 0 Å². The molecule has 2 aliphatic rings. The zero-order chi connectivity index (χ0) is 18.4. The number of morpholine rings is 2. The summed E-state index contributed by atoms with van der Waals surface area (Å²) < 4.78 is 10.6. The Hall–Kier alpha value is -2.20. The number of nitrogens with two attached hydrogens (primary N) is 1. The molecule has 0 atom stereocenters. The Morgan fingerprint density at radius 1 is 1.08 bits per heavy atom. The van der Waals surface area contributed by atoms with Gasteiger partial charge in [0.15, 0.2) is 5.75 Å². The normalized spacial score (nSPS) is 19.1. The van der Waals surface area contributed by atoms with Gasteiger partial charge in [0.25, 0.3) is 5.91 Å². The molecular formula is C17H24N4O5. The molecule has 2 aliphatic heterocycles. The van der Waals surface area contributed by atoms with E-state index < -0.39 is 5.91 Å². The zero-order valence-electron chi connectivity index (χ0n) is 14.6. The van der Waals surface area contributed by atoms with E-state index in [1.807, 2.05) is 4.90 Å². The molecule has 1 aromatic carbocycles. The number of ether oxygens (including phenoxy) is 2. The second-order valence-electron chi connectivity index (χ2n) is 6.14. The molecule has 0 saturated carbocycles. The van der Waals surface area contributed by atoms with Gasteiger partial charge in [0.1, 0.15) is 0 Å². The van der Waals surface area contributed by atoms with Crippen LogP contribution in [-0.4, -0.2) is 80.9 Å². The van der Waals surface area contributed by atoms with Crippen molar-refractivity contribution in [2.24, 2.45) is 5.73 Å². The molecule has 3 rings (SSSR count). The number of carbonyl (C=O) groups is 2. The van der Waals surface area contributed by atoms with Crippen LogP contribution in [0.3, 0.4) is 0 Å². The first-order valence-electron chi connectivity index (χ1n) is 8.66. The molecule has 0 aromatic heterocycles. The minimum atomic E-state index is -0.584. The van der Waals surface area contributed by atoms with Crippen molar-refractivity contribution in [1.29, 1.82) is 0 Å². The fourth-order valence-corrected chi connectivity index (χ4v) is 2.82. The number of primary amides is 1. The van der Waals surface area contributed by atoms with Crippen molar-refractivity contribution in [3.8, 4) is 5.75 Å². The van der Waals surface area contributed by atoms with E-state index in [0.29, 0.717) is 57.5 Å². The molecule has 2 saturated heterocycles. The second kappa shape index (κ2) is 8.95. The number of nitrogens with one attached hydrogen (secondary N) is 1. The number of amides is 2.